The number of para-hydroxylation sites is 1. The summed E-state index contributed by atoms with van der Waals surface area (Å²) >= 11 is 0. The lowest BCUT2D eigenvalue weighted by Gasteiger charge is -2.29. The average Bonchev–Trinajstić information content (AvgIpc) is 2.68. The molecule has 0 bridgehead atoms. The molecule has 1 amide bonds. The first-order chi connectivity index (χ1) is 9.29. The van der Waals surface area contributed by atoms with Crippen LogP contribution in [0.2, 0.25) is 0 Å². The molecule has 0 radical (unpaired) electrons. The number of rotatable bonds is 3. The first-order valence-electron chi connectivity index (χ1n) is 6.89. The Labute approximate surface area is 119 Å². The molecule has 1 aromatic carbocycles. The maximum atomic E-state index is 12.4. The molecule has 2 rings (SSSR count). The normalized spacial score (nSPS) is 22.6. The SMILES string of the molecule is Cc1cccc(C)c1N1CC(C(=O)O)(C(C)C)CC1=O. The van der Waals surface area contributed by atoms with Crippen LogP contribution in [0.4, 0.5) is 5.69 Å². The molecule has 1 atom stereocenters. The Morgan fingerprint density at radius 1 is 1.30 bits per heavy atom. The third kappa shape index (κ3) is 2.09. The molecule has 1 heterocycles. The Bertz CT molecular complexity index is 545. The van der Waals surface area contributed by atoms with Gasteiger partial charge in [0.05, 0.1) is 5.41 Å². The van der Waals surface area contributed by atoms with Gasteiger partial charge in [0.1, 0.15) is 0 Å². The van der Waals surface area contributed by atoms with Gasteiger partial charge in [0.15, 0.2) is 0 Å². The summed E-state index contributed by atoms with van der Waals surface area (Å²) in [5, 5.41) is 9.58. The molecule has 1 N–H and O–H groups in total. The number of nitrogens with zero attached hydrogens (tertiary/aromatic N) is 1. The van der Waals surface area contributed by atoms with E-state index in [1.807, 2.05) is 45.9 Å². The Morgan fingerprint density at radius 2 is 1.85 bits per heavy atom. The molecule has 0 aromatic heterocycles. The number of hydrogen-bond donors (Lipinski definition) is 1. The van der Waals surface area contributed by atoms with Crippen LogP contribution < -0.4 is 4.90 Å². The van der Waals surface area contributed by atoms with Gasteiger partial charge in [0.25, 0.3) is 0 Å². The summed E-state index contributed by atoms with van der Waals surface area (Å²) in [4.78, 5) is 25.7. The molecule has 0 aliphatic carbocycles. The van der Waals surface area contributed by atoms with Crippen LogP contribution >= 0.6 is 0 Å². The van der Waals surface area contributed by atoms with Crippen molar-refractivity contribution in [1.29, 1.82) is 0 Å². The third-order valence-electron chi connectivity index (χ3n) is 4.45. The van der Waals surface area contributed by atoms with Crippen LogP contribution in [0.15, 0.2) is 18.2 Å². The second-order valence-electron chi connectivity index (χ2n) is 6.01. The lowest BCUT2D eigenvalue weighted by molar-refractivity contribution is -0.151. The number of benzene rings is 1. The number of anilines is 1. The molecule has 0 saturated carbocycles. The zero-order valence-electron chi connectivity index (χ0n) is 12.4. The largest absolute Gasteiger partial charge is 0.481 e. The Kier molecular flexibility index (Phi) is 3.59. The zero-order chi connectivity index (χ0) is 15.1. The second kappa shape index (κ2) is 4.93. The molecule has 1 fully saturated rings. The van der Waals surface area contributed by atoms with Crippen LogP contribution in [0, 0.1) is 25.2 Å². The van der Waals surface area contributed by atoms with Crippen molar-refractivity contribution in [2.24, 2.45) is 11.3 Å². The average molecular weight is 275 g/mol. The maximum absolute atomic E-state index is 12.4. The predicted molar refractivity (Wildman–Crippen MR) is 77.8 cm³/mol. The number of carboxylic acids is 1. The lowest BCUT2D eigenvalue weighted by atomic mass is 9.76. The molecule has 20 heavy (non-hydrogen) atoms. The monoisotopic (exact) mass is 275 g/mol. The van der Waals surface area contributed by atoms with Gasteiger partial charge in [-0.2, -0.15) is 0 Å². The summed E-state index contributed by atoms with van der Waals surface area (Å²) in [6.07, 6.45) is 0.0772. The fourth-order valence-corrected chi connectivity index (χ4v) is 3.00. The van der Waals surface area contributed by atoms with E-state index in [0.29, 0.717) is 0 Å². The highest BCUT2D eigenvalue weighted by atomic mass is 16.4. The van der Waals surface area contributed by atoms with Gasteiger partial charge >= 0.3 is 5.97 Å². The van der Waals surface area contributed by atoms with Crippen molar-refractivity contribution in [2.45, 2.75) is 34.1 Å². The quantitative estimate of drug-likeness (QED) is 0.922. The standard InChI is InChI=1S/C16H21NO3/c1-10(2)16(15(19)20)8-13(18)17(9-16)14-11(3)6-5-7-12(14)4/h5-7,10H,8-9H2,1-4H3,(H,19,20). The van der Waals surface area contributed by atoms with Crippen molar-refractivity contribution in [2.75, 3.05) is 11.4 Å². The van der Waals surface area contributed by atoms with Crippen LogP contribution in [0.5, 0.6) is 0 Å². The van der Waals surface area contributed by atoms with Gasteiger partial charge in [0, 0.05) is 18.7 Å². The third-order valence-corrected chi connectivity index (χ3v) is 4.45. The summed E-state index contributed by atoms with van der Waals surface area (Å²) in [6.45, 7) is 7.90. The van der Waals surface area contributed by atoms with E-state index >= 15 is 0 Å². The lowest BCUT2D eigenvalue weighted by Crippen LogP contribution is -2.39. The number of carbonyl (C=O) groups is 2. The topological polar surface area (TPSA) is 57.6 Å². The van der Waals surface area contributed by atoms with Crippen molar-refractivity contribution >= 4 is 17.6 Å². The number of carbonyl (C=O) groups excluding carboxylic acids is 1. The number of carboxylic acid groups (broad SMARTS) is 1. The summed E-state index contributed by atoms with van der Waals surface area (Å²) in [6, 6.07) is 5.85. The number of aryl methyl sites for hydroxylation is 2. The molecule has 0 spiro atoms. The van der Waals surface area contributed by atoms with Gasteiger partial charge in [-0.15, -0.1) is 0 Å². The van der Waals surface area contributed by atoms with Crippen molar-refractivity contribution in [1.82, 2.24) is 0 Å². The molecule has 1 aliphatic heterocycles. The van der Waals surface area contributed by atoms with E-state index < -0.39 is 11.4 Å². The zero-order valence-corrected chi connectivity index (χ0v) is 12.4. The minimum atomic E-state index is -0.980. The highest BCUT2D eigenvalue weighted by Crippen LogP contribution is 2.42. The van der Waals surface area contributed by atoms with E-state index in [-0.39, 0.29) is 24.8 Å². The predicted octanol–water partition coefficient (Wildman–Crippen LogP) is 2.77. The Balaban J connectivity index is 2.46. The van der Waals surface area contributed by atoms with E-state index in [0.717, 1.165) is 16.8 Å². The van der Waals surface area contributed by atoms with Crippen LogP contribution in [-0.4, -0.2) is 23.5 Å². The minimum absolute atomic E-state index is 0.0772. The molecular weight excluding hydrogens is 254 g/mol. The smallest absolute Gasteiger partial charge is 0.312 e. The number of hydrogen-bond acceptors (Lipinski definition) is 2. The van der Waals surface area contributed by atoms with E-state index in [2.05, 4.69) is 0 Å². The van der Waals surface area contributed by atoms with Crippen molar-refractivity contribution < 1.29 is 14.7 Å². The number of amides is 1. The Morgan fingerprint density at radius 3 is 2.25 bits per heavy atom. The van der Waals surface area contributed by atoms with Crippen LogP contribution in [0.3, 0.4) is 0 Å². The molecule has 1 aromatic rings. The molecule has 4 heteroatoms. The summed E-state index contributed by atoms with van der Waals surface area (Å²) < 4.78 is 0. The van der Waals surface area contributed by atoms with Gasteiger partial charge in [-0.25, -0.2) is 0 Å². The fourth-order valence-electron chi connectivity index (χ4n) is 3.00. The number of aliphatic carboxylic acids is 1. The van der Waals surface area contributed by atoms with Gasteiger partial charge < -0.3 is 10.0 Å². The first-order valence-corrected chi connectivity index (χ1v) is 6.89. The van der Waals surface area contributed by atoms with Gasteiger partial charge in [0.2, 0.25) is 5.91 Å². The molecule has 1 aliphatic rings. The van der Waals surface area contributed by atoms with E-state index in [4.69, 9.17) is 0 Å². The molecular formula is C16H21NO3. The fraction of sp³-hybridized carbons (Fsp3) is 0.500. The van der Waals surface area contributed by atoms with E-state index in [1.165, 1.54) is 0 Å². The highest BCUT2D eigenvalue weighted by Gasteiger charge is 2.52. The highest BCUT2D eigenvalue weighted by molar-refractivity contribution is 6.02. The van der Waals surface area contributed by atoms with Crippen molar-refractivity contribution in [3.8, 4) is 0 Å². The van der Waals surface area contributed by atoms with Crippen LogP contribution in [0.1, 0.15) is 31.4 Å². The maximum Gasteiger partial charge on any atom is 0.312 e. The van der Waals surface area contributed by atoms with Crippen molar-refractivity contribution in [3.63, 3.8) is 0 Å². The van der Waals surface area contributed by atoms with E-state index in [1.54, 1.807) is 4.90 Å². The van der Waals surface area contributed by atoms with Crippen LogP contribution in [-0.2, 0) is 9.59 Å². The van der Waals surface area contributed by atoms with Gasteiger partial charge in [-0.1, -0.05) is 32.0 Å². The molecule has 108 valence electrons. The first kappa shape index (κ1) is 14.6. The summed E-state index contributed by atoms with van der Waals surface area (Å²) in [5.74, 6) is -1.06. The second-order valence-corrected chi connectivity index (χ2v) is 6.01. The molecule has 1 unspecified atom stereocenters. The van der Waals surface area contributed by atoms with Gasteiger partial charge in [-0.3, -0.25) is 9.59 Å². The molecule has 1 saturated heterocycles. The van der Waals surface area contributed by atoms with E-state index in [9.17, 15) is 14.7 Å². The molecule has 4 nitrogen and oxygen atoms in total. The Hall–Kier alpha value is -1.84. The minimum Gasteiger partial charge on any atom is -0.481 e. The summed E-state index contributed by atoms with van der Waals surface area (Å²) in [5.41, 5.74) is 1.89. The van der Waals surface area contributed by atoms with Gasteiger partial charge in [-0.05, 0) is 30.9 Å². The van der Waals surface area contributed by atoms with Crippen LogP contribution in [0.25, 0.3) is 0 Å². The summed E-state index contributed by atoms with van der Waals surface area (Å²) in [7, 11) is 0. The van der Waals surface area contributed by atoms with Crippen molar-refractivity contribution in [3.05, 3.63) is 29.3 Å².